The van der Waals surface area contributed by atoms with Crippen molar-refractivity contribution in [3.63, 3.8) is 0 Å². The van der Waals surface area contributed by atoms with Gasteiger partial charge in [-0.3, -0.25) is 0 Å². The van der Waals surface area contributed by atoms with E-state index in [1.807, 2.05) is 6.07 Å². The molecule has 2 aliphatic rings. The minimum Gasteiger partial charge on any atom is -0.384 e. The van der Waals surface area contributed by atoms with Crippen molar-refractivity contribution in [2.75, 3.05) is 18.9 Å². The van der Waals surface area contributed by atoms with Crippen LogP contribution in [0.3, 0.4) is 0 Å². The van der Waals surface area contributed by atoms with Gasteiger partial charge in [-0.15, -0.1) is 0 Å². The third kappa shape index (κ3) is 1.81. The minimum absolute atomic E-state index is 0.353. The second-order valence-corrected chi connectivity index (χ2v) is 4.41. The smallest absolute Gasteiger partial charge is 0.136 e. The van der Waals surface area contributed by atoms with Gasteiger partial charge in [0.15, 0.2) is 0 Å². The van der Waals surface area contributed by atoms with Gasteiger partial charge in [0, 0.05) is 30.2 Å². The molecule has 0 bridgehead atoms. The Bertz CT molecular complexity index is 370. The Kier molecular flexibility index (Phi) is 2.09. The summed E-state index contributed by atoms with van der Waals surface area (Å²) >= 11 is 0. The van der Waals surface area contributed by atoms with Crippen LogP contribution in [0.15, 0.2) is 6.07 Å². The molecule has 2 fully saturated rings. The van der Waals surface area contributed by atoms with Gasteiger partial charge in [0.05, 0.1) is 6.61 Å². The van der Waals surface area contributed by atoms with E-state index >= 15 is 0 Å². The first-order valence-corrected chi connectivity index (χ1v) is 5.55. The number of anilines is 1. The predicted molar refractivity (Wildman–Crippen MR) is 56.6 cm³/mol. The largest absolute Gasteiger partial charge is 0.384 e. The first-order chi connectivity index (χ1) is 7.33. The number of nitrogens with two attached hydrogens (primary N) is 1. The van der Waals surface area contributed by atoms with Crippen LogP contribution in [-0.4, -0.2) is 23.2 Å². The van der Waals surface area contributed by atoms with Gasteiger partial charge in [-0.1, -0.05) is 0 Å². The summed E-state index contributed by atoms with van der Waals surface area (Å²) in [5.74, 6) is 2.48. The summed E-state index contributed by atoms with van der Waals surface area (Å²) in [6.07, 6.45) is 3.52. The molecule has 2 N–H and O–H groups in total. The van der Waals surface area contributed by atoms with Crippen LogP contribution in [0, 0.1) is 0 Å². The van der Waals surface area contributed by atoms with E-state index in [0.717, 1.165) is 31.2 Å². The van der Waals surface area contributed by atoms with Crippen molar-refractivity contribution in [3.05, 3.63) is 17.6 Å². The lowest BCUT2D eigenvalue weighted by molar-refractivity contribution is 0.193. The van der Waals surface area contributed by atoms with Crippen molar-refractivity contribution in [3.8, 4) is 0 Å². The first-order valence-electron chi connectivity index (χ1n) is 5.55. The van der Waals surface area contributed by atoms with Gasteiger partial charge in [-0.2, -0.15) is 0 Å². The van der Waals surface area contributed by atoms with Crippen LogP contribution in [0.1, 0.15) is 42.6 Å². The number of hydrogen-bond acceptors (Lipinski definition) is 4. The molecule has 4 nitrogen and oxygen atoms in total. The maximum atomic E-state index is 5.80. The Labute approximate surface area is 88.9 Å². The highest BCUT2D eigenvalue weighted by atomic mass is 16.5. The van der Waals surface area contributed by atoms with Crippen molar-refractivity contribution in [2.24, 2.45) is 0 Å². The second-order valence-electron chi connectivity index (χ2n) is 4.41. The van der Waals surface area contributed by atoms with Crippen molar-refractivity contribution in [1.29, 1.82) is 0 Å². The van der Waals surface area contributed by atoms with Gasteiger partial charge in [0.2, 0.25) is 0 Å². The van der Waals surface area contributed by atoms with E-state index in [1.54, 1.807) is 0 Å². The summed E-state index contributed by atoms with van der Waals surface area (Å²) in [7, 11) is 0. The molecule has 3 rings (SSSR count). The Hall–Kier alpha value is -1.16. The Morgan fingerprint density at radius 1 is 1.20 bits per heavy atom. The van der Waals surface area contributed by atoms with E-state index in [0.29, 0.717) is 17.7 Å². The standard InChI is InChI=1S/C11H15N3O/c12-10-5-9(7-1-2-7)13-11(14-10)8-3-4-15-6-8/h5,7-8H,1-4,6H2,(H2,12,13,14). The van der Waals surface area contributed by atoms with E-state index in [9.17, 15) is 0 Å². The number of nitrogens with zero attached hydrogens (tertiary/aromatic N) is 2. The highest BCUT2D eigenvalue weighted by Crippen LogP contribution is 2.39. The molecule has 0 amide bonds. The van der Waals surface area contributed by atoms with Crippen LogP contribution in [0.5, 0.6) is 0 Å². The summed E-state index contributed by atoms with van der Waals surface area (Å²) in [6.45, 7) is 1.56. The fourth-order valence-electron chi connectivity index (χ4n) is 2.01. The molecule has 4 heteroatoms. The molecule has 15 heavy (non-hydrogen) atoms. The quantitative estimate of drug-likeness (QED) is 0.793. The van der Waals surface area contributed by atoms with E-state index in [4.69, 9.17) is 10.5 Å². The summed E-state index contributed by atoms with van der Waals surface area (Å²) < 4.78 is 5.35. The van der Waals surface area contributed by atoms with E-state index in [1.165, 1.54) is 12.8 Å². The molecule has 1 aliphatic carbocycles. The summed E-state index contributed by atoms with van der Waals surface area (Å²) in [6, 6.07) is 1.91. The molecule has 1 unspecified atom stereocenters. The first kappa shape index (κ1) is 9.09. The Balaban J connectivity index is 1.91. The lowest BCUT2D eigenvalue weighted by Crippen LogP contribution is -2.08. The summed E-state index contributed by atoms with van der Waals surface area (Å²) in [5, 5.41) is 0. The molecule has 1 saturated carbocycles. The molecule has 1 aliphatic heterocycles. The van der Waals surface area contributed by atoms with Crippen LogP contribution in [0.25, 0.3) is 0 Å². The van der Waals surface area contributed by atoms with Gasteiger partial charge in [0.25, 0.3) is 0 Å². The van der Waals surface area contributed by atoms with Crippen LogP contribution in [0.2, 0.25) is 0 Å². The lowest BCUT2D eigenvalue weighted by atomic mass is 10.1. The van der Waals surface area contributed by atoms with Gasteiger partial charge in [0.1, 0.15) is 11.6 Å². The molecular formula is C11H15N3O. The molecule has 1 aromatic rings. The molecule has 2 heterocycles. The number of hydrogen-bond donors (Lipinski definition) is 1. The van der Waals surface area contributed by atoms with Gasteiger partial charge in [-0.25, -0.2) is 9.97 Å². The second kappa shape index (κ2) is 3.45. The van der Waals surface area contributed by atoms with Crippen LogP contribution >= 0.6 is 0 Å². The topological polar surface area (TPSA) is 61.0 Å². The minimum atomic E-state index is 0.353. The van der Waals surface area contributed by atoms with Crippen molar-refractivity contribution in [1.82, 2.24) is 9.97 Å². The van der Waals surface area contributed by atoms with Crippen molar-refractivity contribution >= 4 is 5.82 Å². The molecular weight excluding hydrogens is 190 g/mol. The molecule has 0 aromatic carbocycles. The van der Waals surface area contributed by atoms with Gasteiger partial charge in [-0.05, 0) is 19.3 Å². The molecule has 1 saturated heterocycles. The van der Waals surface area contributed by atoms with Crippen molar-refractivity contribution in [2.45, 2.75) is 31.1 Å². The average Bonchev–Trinajstić information content (AvgIpc) is 2.93. The van der Waals surface area contributed by atoms with Crippen LogP contribution in [0.4, 0.5) is 5.82 Å². The zero-order valence-corrected chi connectivity index (χ0v) is 8.65. The van der Waals surface area contributed by atoms with E-state index in [2.05, 4.69) is 9.97 Å². The number of ether oxygens (including phenoxy) is 1. The number of aromatic nitrogens is 2. The normalized spacial score (nSPS) is 25.7. The average molecular weight is 205 g/mol. The zero-order valence-electron chi connectivity index (χ0n) is 8.65. The molecule has 1 atom stereocenters. The monoisotopic (exact) mass is 205 g/mol. The van der Waals surface area contributed by atoms with Crippen LogP contribution in [-0.2, 0) is 4.74 Å². The highest BCUT2D eigenvalue weighted by Gasteiger charge is 2.28. The van der Waals surface area contributed by atoms with Crippen molar-refractivity contribution < 1.29 is 4.74 Å². The molecule has 1 aromatic heterocycles. The molecule has 80 valence electrons. The maximum absolute atomic E-state index is 5.80. The summed E-state index contributed by atoms with van der Waals surface area (Å²) in [4.78, 5) is 8.92. The molecule has 0 radical (unpaired) electrons. The predicted octanol–water partition coefficient (Wildman–Crippen LogP) is 1.44. The molecule has 0 spiro atoms. The van der Waals surface area contributed by atoms with Gasteiger partial charge >= 0.3 is 0 Å². The fourth-order valence-corrected chi connectivity index (χ4v) is 2.01. The lowest BCUT2D eigenvalue weighted by Gasteiger charge is -2.08. The summed E-state index contributed by atoms with van der Waals surface area (Å²) in [5.41, 5.74) is 6.93. The highest BCUT2D eigenvalue weighted by molar-refractivity contribution is 5.33. The van der Waals surface area contributed by atoms with E-state index in [-0.39, 0.29) is 0 Å². The van der Waals surface area contributed by atoms with Gasteiger partial charge < -0.3 is 10.5 Å². The van der Waals surface area contributed by atoms with Crippen LogP contribution < -0.4 is 5.73 Å². The SMILES string of the molecule is Nc1cc(C2CC2)nc(C2CCOC2)n1. The fraction of sp³-hybridized carbons (Fsp3) is 0.636. The van der Waals surface area contributed by atoms with E-state index < -0.39 is 0 Å². The number of rotatable bonds is 2. The Morgan fingerprint density at radius 2 is 2.07 bits per heavy atom. The zero-order chi connectivity index (χ0) is 10.3. The third-order valence-electron chi connectivity index (χ3n) is 3.07. The number of nitrogen functional groups attached to an aromatic ring is 1. The maximum Gasteiger partial charge on any atom is 0.136 e. The third-order valence-corrected chi connectivity index (χ3v) is 3.07. The Morgan fingerprint density at radius 3 is 2.73 bits per heavy atom.